The van der Waals surface area contributed by atoms with Crippen LogP contribution in [0.3, 0.4) is 0 Å². The van der Waals surface area contributed by atoms with Gasteiger partial charge < -0.3 is 15.2 Å². The van der Waals surface area contributed by atoms with Gasteiger partial charge in [0.05, 0.1) is 11.1 Å². The van der Waals surface area contributed by atoms with Crippen molar-refractivity contribution in [1.29, 1.82) is 0 Å². The first-order chi connectivity index (χ1) is 12.0. The van der Waals surface area contributed by atoms with Crippen LogP contribution in [0.25, 0.3) is 5.65 Å². The molecule has 0 amide bonds. The van der Waals surface area contributed by atoms with Gasteiger partial charge in [-0.2, -0.15) is 0 Å². The molecule has 1 aliphatic rings. The Kier molecular flexibility index (Phi) is 3.79. The Morgan fingerprint density at radius 2 is 2.32 bits per heavy atom. The van der Waals surface area contributed by atoms with Crippen molar-refractivity contribution in [2.24, 2.45) is 0 Å². The number of ether oxygens (including phenoxy) is 1. The van der Waals surface area contributed by atoms with Crippen LogP contribution in [0.4, 0.5) is 10.3 Å². The van der Waals surface area contributed by atoms with E-state index in [1.165, 1.54) is 22.9 Å². The van der Waals surface area contributed by atoms with Gasteiger partial charge >= 0.3 is 5.97 Å². The Labute approximate surface area is 149 Å². The first-order valence-corrected chi connectivity index (χ1v) is 8.27. The lowest BCUT2D eigenvalue weighted by Crippen LogP contribution is -2.09. The van der Waals surface area contributed by atoms with Gasteiger partial charge in [-0.15, -0.1) is 0 Å². The van der Waals surface area contributed by atoms with Crippen molar-refractivity contribution in [2.45, 2.75) is 13.0 Å². The van der Waals surface area contributed by atoms with Crippen LogP contribution in [0.5, 0.6) is 5.75 Å². The molecule has 128 valence electrons. The number of hydrogen-bond donors (Lipinski definition) is 2. The van der Waals surface area contributed by atoms with E-state index in [2.05, 4.69) is 31.2 Å². The zero-order valence-corrected chi connectivity index (χ0v) is 14.4. The molecule has 0 bridgehead atoms. The molecule has 0 unspecified atom stereocenters. The predicted molar refractivity (Wildman–Crippen MR) is 90.6 cm³/mol. The molecule has 2 N–H and O–H groups in total. The van der Waals surface area contributed by atoms with Crippen molar-refractivity contribution in [1.82, 2.24) is 14.4 Å². The number of hydrogen-bond acceptors (Lipinski definition) is 5. The SMILES string of the molecule is O=C(O)c1cn2c(NCc3c(F)ccc4c3CCO4)ncc(Br)c2n1. The number of aromatic carboxylic acids is 1. The molecule has 9 heteroatoms. The van der Waals surface area contributed by atoms with E-state index in [0.29, 0.717) is 40.4 Å². The van der Waals surface area contributed by atoms with Crippen LogP contribution in [-0.2, 0) is 13.0 Å². The van der Waals surface area contributed by atoms with E-state index in [9.17, 15) is 9.18 Å². The summed E-state index contributed by atoms with van der Waals surface area (Å²) < 4.78 is 21.8. The second-order valence-electron chi connectivity index (χ2n) is 5.51. The number of benzene rings is 1. The summed E-state index contributed by atoms with van der Waals surface area (Å²) in [4.78, 5) is 19.4. The number of fused-ring (bicyclic) bond motifs is 2. The summed E-state index contributed by atoms with van der Waals surface area (Å²) in [6.07, 6.45) is 3.54. The third-order valence-electron chi connectivity index (χ3n) is 4.03. The number of nitrogens with zero attached hydrogens (tertiary/aromatic N) is 3. The maximum Gasteiger partial charge on any atom is 0.356 e. The number of nitrogens with one attached hydrogen (secondary N) is 1. The average Bonchev–Trinajstić information content (AvgIpc) is 3.22. The Morgan fingerprint density at radius 3 is 3.12 bits per heavy atom. The molecule has 25 heavy (non-hydrogen) atoms. The molecule has 0 fully saturated rings. The molecule has 1 aromatic carbocycles. The van der Waals surface area contributed by atoms with Crippen LogP contribution >= 0.6 is 15.9 Å². The number of aromatic nitrogens is 3. The van der Waals surface area contributed by atoms with Crippen molar-refractivity contribution in [2.75, 3.05) is 11.9 Å². The molecule has 0 saturated heterocycles. The van der Waals surface area contributed by atoms with Gasteiger partial charge in [0.2, 0.25) is 5.95 Å². The third-order valence-corrected chi connectivity index (χ3v) is 4.59. The molecule has 0 atom stereocenters. The van der Waals surface area contributed by atoms with Crippen molar-refractivity contribution < 1.29 is 19.0 Å². The van der Waals surface area contributed by atoms with Crippen LogP contribution in [0, 0.1) is 5.82 Å². The highest BCUT2D eigenvalue weighted by Crippen LogP contribution is 2.30. The van der Waals surface area contributed by atoms with Crippen molar-refractivity contribution >= 4 is 33.5 Å². The molecule has 0 saturated carbocycles. The number of anilines is 1. The number of halogens is 2. The van der Waals surface area contributed by atoms with Gasteiger partial charge in [-0.05, 0) is 28.1 Å². The normalized spacial score (nSPS) is 12.9. The maximum atomic E-state index is 14.2. The Hall–Kier alpha value is -2.68. The summed E-state index contributed by atoms with van der Waals surface area (Å²) in [5, 5.41) is 12.2. The minimum absolute atomic E-state index is 0.100. The summed E-state index contributed by atoms with van der Waals surface area (Å²) >= 11 is 3.30. The molecule has 7 nitrogen and oxygen atoms in total. The average molecular weight is 407 g/mol. The number of imidazole rings is 1. The highest BCUT2D eigenvalue weighted by Gasteiger charge is 2.20. The van der Waals surface area contributed by atoms with Gasteiger partial charge in [-0.1, -0.05) is 0 Å². The van der Waals surface area contributed by atoms with Crippen LogP contribution < -0.4 is 10.1 Å². The van der Waals surface area contributed by atoms with E-state index in [0.717, 1.165) is 5.56 Å². The molecular weight excluding hydrogens is 395 g/mol. The summed E-state index contributed by atoms with van der Waals surface area (Å²) in [7, 11) is 0. The van der Waals surface area contributed by atoms with Gasteiger partial charge in [0, 0.05) is 36.5 Å². The highest BCUT2D eigenvalue weighted by molar-refractivity contribution is 9.10. The molecule has 4 rings (SSSR count). The van der Waals surface area contributed by atoms with Crippen molar-refractivity contribution in [3.8, 4) is 5.75 Å². The monoisotopic (exact) mass is 406 g/mol. The predicted octanol–water partition coefficient (Wildman–Crippen LogP) is 2.88. The Balaban J connectivity index is 1.70. The van der Waals surface area contributed by atoms with Gasteiger partial charge in [0.15, 0.2) is 11.3 Å². The number of rotatable bonds is 4. The lowest BCUT2D eigenvalue weighted by Gasteiger charge is -2.12. The zero-order valence-electron chi connectivity index (χ0n) is 12.8. The van der Waals surface area contributed by atoms with Crippen LogP contribution in [0.2, 0.25) is 0 Å². The van der Waals surface area contributed by atoms with Gasteiger partial charge in [0.25, 0.3) is 0 Å². The Bertz CT molecular complexity index is 1000. The zero-order chi connectivity index (χ0) is 17.6. The van der Waals surface area contributed by atoms with E-state index in [1.807, 2.05) is 0 Å². The number of carboxylic acid groups (broad SMARTS) is 1. The van der Waals surface area contributed by atoms with Crippen molar-refractivity contribution in [3.05, 3.63) is 51.6 Å². The number of carbonyl (C=O) groups is 1. The van der Waals surface area contributed by atoms with E-state index < -0.39 is 5.97 Å². The van der Waals surface area contributed by atoms with Crippen LogP contribution in [0.1, 0.15) is 21.6 Å². The second kappa shape index (κ2) is 5.99. The topological polar surface area (TPSA) is 88.8 Å². The lowest BCUT2D eigenvalue weighted by atomic mass is 10.0. The van der Waals surface area contributed by atoms with E-state index >= 15 is 0 Å². The summed E-state index contributed by atoms with van der Waals surface area (Å²) in [6, 6.07) is 3.01. The first-order valence-electron chi connectivity index (χ1n) is 7.48. The smallest absolute Gasteiger partial charge is 0.356 e. The van der Waals surface area contributed by atoms with Crippen LogP contribution in [-0.4, -0.2) is 32.1 Å². The quantitative estimate of drug-likeness (QED) is 0.692. The van der Waals surface area contributed by atoms with Gasteiger partial charge in [-0.3, -0.25) is 4.40 Å². The summed E-state index contributed by atoms with van der Waals surface area (Å²) in [5.41, 5.74) is 1.68. The maximum absolute atomic E-state index is 14.2. The first kappa shape index (κ1) is 15.8. The second-order valence-corrected chi connectivity index (χ2v) is 6.36. The summed E-state index contributed by atoms with van der Waals surface area (Å²) in [6.45, 7) is 0.735. The summed E-state index contributed by atoms with van der Waals surface area (Å²) in [5.74, 6) is -0.385. The van der Waals surface area contributed by atoms with Crippen molar-refractivity contribution in [3.63, 3.8) is 0 Å². The molecule has 0 spiro atoms. The Morgan fingerprint density at radius 1 is 1.48 bits per heavy atom. The fourth-order valence-electron chi connectivity index (χ4n) is 2.86. The molecule has 0 radical (unpaired) electrons. The minimum atomic E-state index is -1.13. The van der Waals surface area contributed by atoms with Gasteiger partial charge in [-0.25, -0.2) is 19.2 Å². The molecule has 3 heterocycles. The molecule has 3 aromatic rings. The molecule has 1 aliphatic heterocycles. The molecule has 0 aliphatic carbocycles. The minimum Gasteiger partial charge on any atom is -0.493 e. The van der Waals surface area contributed by atoms with E-state index in [4.69, 9.17) is 9.84 Å². The van der Waals surface area contributed by atoms with Gasteiger partial charge in [0.1, 0.15) is 11.6 Å². The molecular formula is C16H12BrFN4O3. The molecule has 2 aromatic heterocycles. The number of carboxylic acids is 1. The van der Waals surface area contributed by atoms with E-state index in [-0.39, 0.29) is 18.1 Å². The highest BCUT2D eigenvalue weighted by atomic mass is 79.9. The largest absolute Gasteiger partial charge is 0.493 e. The standard InChI is InChI=1S/C16H12BrFN4O3/c17-10-6-20-16(22-7-12(15(23)24)21-14(10)22)19-5-9-8-3-4-25-13(8)2-1-11(9)18/h1-2,6-7H,3-5H2,(H,19,20)(H,23,24). The third kappa shape index (κ3) is 2.70. The van der Waals surface area contributed by atoms with Crippen LogP contribution in [0.15, 0.2) is 29.0 Å². The van der Waals surface area contributed by atoms with E-state index in [1.54, 1.807) is 6.07 Å². The fraction of sp³-hybridized carbons (Fsp3) is 0.188. The lowest BCUT2D eigenvalue weighted by molar-refractivity contribution is 0.0691. The fourth-order valence-corrected chi connectivity index (χ4v) is 3.24.